The molecular weight excluding hydrogens is 264 g/mol. The van der Waals surface area contributed by atoms with Gasteiger partial charge in [-0.25, -0.2) is 14.8 Å². The highest BCUT2D eigenvalue weighted by Gasteiger charge is 2.15. The van der Waals surface area contributed by atoms with Crippen molar-refractivity contribution in [1.29, 1.82) is 0 Å². The van der Waals surface area contributed by atoms with E-state index in [9.17, 15) is 4.79 Å². The van der Waals surface area contributed by atoms with Gasteiger partial charge in [0.1, 0.15) is 10.8 Å². The number of carboxylic acid groups (broad SMARTS) is 1. The van der Waals surface area contributed by atoms with Crippen LogP contribution in [0.1, 0.15) is 34.8 Å². The molecule has 0 aliphatic carbocycles. The lowest BCUT2D eigenvalue weighted by Gasteiger charge is -2.15. The third kappa shape index (κ3) is 3.00. The number of aromatic nitrogens is 2. The van der Waals surface area contributed by atoms with Gasteiger partial charge in [-0.05, 0) is 12.5 Å². The molecule has 0 spiro atoms. The van der Waals surface area contributed by atoms with E-state index in [1.807, 2.05) is 12.3 Å². The van der Waals surface area contributed by atoms with Gasteiger partial charge in [-0.3, -0.25) is 0 Å². The highest BCUT2D eigenvalue weighted by atomic mass is 32.1. The Balaban J connectivity index is 2.23. The lowest BCUT2D eigenvalue weighted by Crippen LogP contribution is -2.12. The van der Waals surface area contributed by atoms with Crippen molar-refractivity contribution in [3.63, 3.8) is 0 Å². The fraction of sp³-hybridized carbons (Fsp3) is 0.250. The molecule has 0 amide bonds. The molecule has 0 saturated carbocycles. The first-order valence-corrected chi connectivity index (χ1v) is 6.64. The molecule has 7 heteroatoms. The number of rotatable bonds is 5. The summed E-state index contributed by atoms with van der Waals surface area (Å²) in [6.45, 7) is 2.02. The van der Waals surface area contributed by atoms with Crippen LogP contribution in [0.3, 0.4) is 0 Å². The number of anilines is 2. The normalized spacial score (nSPS) is 12.1. The number of hydrogen-bond acceptors (Lipinski definition) is 6. The van der Waals surface area contributed by atoms with Crippen LogP contribution >= 0.6 is 11.3 Å². The number of nitrogens with zero attached hydrogens (tertiary/aromatic N) is 2. The standard InChI is InChI=1S/C12H14N4O2S/c1-2-9(11-14-3-4-19-11)16-10-5-7(12(17)18)8(13)6-15-10/h3-6,9H,2,13H2,1H3,(H,15,16)(H,17,18). The van der Waals surface area contributed by atoms with Crippen molar-refractivity contribution in [3.8, 4) is 0 Å². The average Bonchev–Trinajstić information content (AvgIpc) is 2.91. The second kappa shape index (κ2) is 5.66. The summed E-state index contributed by atoms with van der Waals surface area (Å²) in [5, 5.41) is 15.0. The molecule has 0 aliphatic rings. The van der Waals surface area contributed by atoms with Gasteiger partial charge in [0.2, 0.25) is 0 Å². The third-order valence-electron chi connectivity index (χ3n) is 2.65. The number of pyridine rings is 1. The number of carbonyl (C=O) groups is 1. The molecule has 6 nitrogen and oxygen atoms in total. The molecule has 2 aromatic heterocycles. The van der Waals surface area contributed by atoms with Crippen LogP contribution in [0.5, 0.6) is 0 Å². The third-order valence-corrected chi connectivity index (χ3v) is 3.53. The van der Waals surface area contributed by atoms with Gasteiger partial charge in [0, 0.05) is 11.6 Å². The van der Waals surface area contributed by atoms with Gasteiger partial charge in [-0.15, -0.1) is 11.3 Å². The molecule has 2 rings (SSSR count). The zero-order chi connectivity index (χ0) is 13.8. The van der Waals surface area contributed by atoms with Crippen molar-refractivity contribution in [2.24, 2.45) is 0 Å². The van der Waals surface area contributed by atoms with Crippen LogP contribution in [0.2, 0.25) is 0 Å². The van der Waals surface area contributed by atoms with E-state index in [1.54, 1.807) is 17.5 Å². The van der Waals surface area contributed by atoms with Gasteiger partial charge in [0.25, 0.3) is 0 Å². The van der Waals surface area contributed by atoms with Crippen molar-refractivity contribution in [3.05, 3.63) is 34.4 Å². The Morgan fingerprint density at radius 2 is 2.37 bits per heavy atom. The van der Waals surface area contributed by atoms with Crippen LogP contribution in [0.15, 0.2) is 23.8 Å². The Kier molecular flexibility index (Phi) is 3.96. The predicted molar refractivity (Wildman–Crippen MR) is 74.4 cm³/mol. The summed E-state index contributed by atoms with van der Waals surface area (Å²) in [6, 6.07) is 1.45. The Morgan fingerprint density at radius 3 is 2.95 bits per heavy atom. The number of carboxylic acids is 1. The predicted octanol–water partition coefficient (Wildman–Crippen LogP) is 2.38. The number of thiazole rings is 1. The van der Waals surface area contributed by atoms with E-state index in [2.05, 4.69) is 15.3 Å². The number of hydrogen-bond donors (Lipinski definition) is 3. The van der Waals surface area contributed by atoms with E-state index in [-0.39, 0.29) is 17.3 Å². The van der Waals surface area contributed by atoms with Gasteiger partial charge in [0.15, 0.2) is 0 Å². The zero-order valence-corrected chi connectivity index (χ0v) is 11.1. The molecule has 1 atom stereocenters. The first-order chi connectivity index (χ1) is 9.11. The SMILES string of the molecule is CCC(Nc1cc(C(=O)O)c(N)cn1)c1nccs1. The van der Waals surface area contributed by atoms with Gasteiger partial charge in [-0.2, -0.15) is 0 Å². The molecule has 4 N–H and O–H groups in total. The fourth-order valence-electron chi connectivity index (χ4n) is 1.65. The Morgan fingerprint density at radius 1 is 1.58 bits per heavy atom. The maximum atomic E-state index is 11.0. The van der Waals surface area contributed by atoms with E-state index in [4.69, 9.17) is 10.8 Å². The van der Waals surface area contributed by atoms with Crippen LogP contribution in [-0.4, -0.2) is 21.0 Å². The molecule has 1 unspecified atom stereocenters. The summed E-state index contributed by atoms with van der Waals surface area (Å²) in [6.07, 6.45) is 3.91. The maximum Gasteiger partial charge on any atom is 0.337 e. The number of nitrogens with one attached hydrogen (secondary N) is 1. The van der Waals surface area contributed by atoms with Crippen LogP contribution in [0, 0.1) is 0 Å². The number of aromatic carboxylic acids is 1. The number of nitrogens with two attached hydrogens (primary N) is 1. The molecule has 0 saturated heterocycles. The lowest BCUT2D eigenvalue weighted by atomic mass is 10.2. The molecule has 19 heavy (non-hydrogen) atoms. The van der Waals surface area contributed by atoms with E-state index < -0.39 is 5.97 Å². The smallest absolute Gasteiger partial charge is 0.337 e. The minimum Gasteiger partial charge on any atom is -0.478 e. The van der Waals surface area contributed by atoms with Crippen molar-refractivity contribution < 1.29 is 9.90 Å². The van der Waals surface area contributed by atoms with Gasteiger partial charge in [0.05, 0.1) is 23.5 Å². The highest BCUT2D eigenvalue weighted by molar-refractivity contribution is 7.09. The molecule has 0 bridgehead atoms. The first kappa shape index (κ1) is 13.3. The topological polar surface area (TPSA) is 101 Å². The van der Waals surface area contributed by atoms with Crippen molar-refractivity contribution in [2.75, 3.05) is 11.1 Å². The Hall–Kier alpha value is -2.15. The highest BCUT2D eigenvalue weighted by Crippen LogP contribution is 2.24. The van der Waals surface area contributed by atoms with Crippen molar-refractivity contribution in [2.45, 2.75) is 19.4 Å². The monoisotopic (exact) mass is 278 g/mol. The van der Waals surface area contributed by atoms with E-state index in [1.165, 1.54) is 12.3 Å². The maximum absolute atomic E-state index is 11.0. The van der Waals surface area contributed by atoms with E-state index >= 15 is 0 Å². The summed E-state index contributed by atoms with van der Waals surface area (Å²) in [4.78, 5) is 19.4. The second-order valence-corrected chi connectivity index (χ2v) is 4.86. The first-order valence-electron chi connectivity index (χ1n) is 5.76. The fourth-order valence-corrected chi connectivity index (χ4v) is 2.43. The zero-order valence-electron chi connectivity index (χ0n) is 10.3. The molecule has 100 valence electrons. The molecular formula is C12H14N4O2S. The molecule has 0 radical (unpaired) electrons. The van der Waals surface area contributed by atoms with Crippen molar-refractivity contribution >= 4 is 28.8 Å². The largest absolute Gasteiger partial charge is 0.478 e. The summed E-state index contributed by atoms with van der Waals surface area (Å²) in [5.41, 5.74) is 5.77. The van der Waals surface area contributed by atoms with Crippen LogP contribution in [0.4, 0.5) is 11.5 Å². The molecule has 2 aromatic rings. The van der Waals surface area contributed by atoms with E-state index in [0.717, 1.165) is 11.4 Å². The average molecular weight is 278 g/mol. The van der Waals surface area contributed by atoms with E-state index in [0.29, 0.717) is 5.82 Å². The second-order valence-electron chi connectivity index (χ2n) is 3.94. The minimum absolute atomic E-state index is 0.0118. The molecule has 0 aliphatic heterocycles. The quantitative estimate of drug-likeness (QED) is 0.776. The lowest BCUT2D eigenvalue weighted by molar-refractivity contribution is 0.0698. The van der Waals surface area contributed by atoms with Crippen molar-refractivity contribution in [1.82, 2.24) is 9.97 Å². The van der Waals surface area contributed by atoms with Gasteiger partial charge in [-0.1, -0.05) is 6.92 Å². The molecule has 2 heterocycles. The molecule has 0 fully saturated rings. The van der Waals surface area contributed by atoms with Crippen LogP contribution in [0.25, 0.3) is 0 Å². The van der Waals surface area contributed by atoms with Crippen LogP contribution in [-0.2, 0) is 0 Å². The summed E-state index contributed by atoms with van der Waals surface area (Å²) in [7, 11) is 0. The summed E-state index contributed by atoms with van der Waals surface area (Å²) < 4.78 is 0. The molecule has 0 aromatic carbocycles. The number of nitrogen functional groups attached to an aromatic ring is 1. The van der Waals surface area contributed by atoms with Crippen LogP contribution < -0.4 is 11.1 Å². The Labute approximate surface area is 114 Å². The Bertz CT molecular complexity index is 571. The summed E-state index contributed by atoms with van der Waals surface area (Å²) in [5.74, 6) is -0.584. The van der Waals surface area contributed by atoms with Gasteiger partial charge >= 0.3 is 5.97 Å². The van der Waals surface area contributed by atoms with Gasteiger partial charge < -0.3 is 16.2 Å². The minimum atomic E-state index is -1.06. The summed E-state index contributed by atoms with van der Waals surface area (Å²) >= 11 is 1.55.